The highest BCUT2D eigenvalue weighted by atomic mass is 32.2. The van der Waals surface area contributed by atoms with Gasteiger partial charge in [-0.2, -0.15) is 0 Å². The van der Waals surface area contributed by atoms with Crippen LogP contribution in [0.5, 0.6) is 5.75 Å². The second kappa shape index (κ2) is 13.5. The van der Waals surface area contributed by atoms with E-state index >= 15 is 0 Å². The fourth-order valence-corrected chi connectivity index (χ4v) is 6.52. The lowest BCUT2D eigenvalue weighted by Crippen LogP contribution is -2.37. The summed E-state index contributed by atoms with van der Waals surface area (Å²) in [4.78, 5) is 15.9. The molecule has 1 aliphatic heterocycles. The van der Waals surface area contributed by atoms with Gasteiger partial charge in [-0.15, -0.1) is 0 Å². The number of carbonyl (C=O) groups is 1. The largest absolute Gasteiger partial charge is 0.493 e. The molecular formula is C34H39N3O4S. The highest BCUT2D eigenvalue weighted by molar-refractivity contribution is 7.80. The third-order valence-electron chi connectivity index (χ3n) is 7.58. The SMILES string of the molecule is CC(C)CN(C)Cc1ccc2c(c1)OCCC2NC(=O)CC(c1ccccc1)N(c1ccc2ccccc2c1)S(=O)O. The van der Waals surface area contributed by atoms with Crippen molar-refractivity contribution < 1.29 is 18.3 Å². The van der Waals surface area contributed by atoms with Crippen LogP contribution in [0.15, 0.2) is 91.0 Å². The van der Waals surface area contributed by atoms with E-state index in [0.717, 1.165) is 40.7 Å². The summed E-state index contributed by atoms with van der Waals surface area (Å²) in [5.41, 5.74) is 3.48. The van der Waals surface area contributed by atoms with Crippen molar-refractivity contribution in [3.8, 4) is 5.75 Å². The van der Waals surface area contributed by atoms with Crippen LogP contribution >= 0.6 is 0 Å². The van der Waals surface area contributed by atoms with Crippen molar-refractivity contribution in [2.75, 3.05) is 24.5 Å². The minimum Gasteiger partial charge on any atom is -0.493 e. The van der Waals surface area contributed by atoms with Gasteiger partial charge in [0.2, 0.25) is 5.91 Å². The predicted octanol–water partition coefficient (Wildman–Crippen LogP) is 6.64. The number of hydrogen-bond donors (Lipinski definition) is 2. The van der Waals surface area contributed by atoms with Crippen molar-refractivity contribution in [3.63, 3.8) is 0 Å². The summed E-state index contributed by atoms with van der Waals surface area (Å²) in [6.45, 7) is 6.76. The van der Waals surface area contributed by atoms with Crippen LogP contribution in [-0.2, 0) is 22.6 Å². The van der Waals surface area contributed by atoms with E-state index < -0.39 is 17.3 Å². The van der Waals surface area contributed by atoms with Crippen LogP contribution in [0.2, 0.25) is 0 Å². The Morgan fingerprint density at radius 3 is 2.48 bits per heavy atom. The first-order valence-electron chi connectivity index (χ1n) is 14.5. The molecule has 4 aromatic carbocycles. The Labute approximate surface area is 250 Å². The van der Waals surface area contributed by atoms with Crippen LogP contribution < -0.4 is 14.4 Å². The zero-order chi connectivity index (χ0) is 29.6. The highest BCUT2D eigenvalue weighted by Crippen LogP contribution is 2.36. The lowest BCUT2D eigenvalue weighted by Gasteiger charge is -2.32. The molecule has 42 heavy (non-hydrogen) atoms. The number of fused-ring (bicyclic) bond motifs is 2. The summed E-state index contributed by atoms with van der Waals surface area (Å²) in [6.07, 6.45) is 0.662. The predicted molar refractivity (Wildman–Crippen MR) is 170 cm³/mol. The second-order valence-electron chi connectivity index (χ2n) is 11.4. The zero-order valence-corrected chi connectivity index (χ0v) is 25.2. The number of carbonyl (C=O) groups excluding carboxylic acids is 1. The minimum atomic E-state index is -2.37. The molecule has 2 N–H and O–H groups in total. The maximum atomic E-state index is 13.6. The van der Waals surface area contributed by atoms with Gasteiger partial charge in [0.1, 0.15) is 5.75 Å². The first-order valence-corrected chi connectivity index (χ1v) is 15.5. The molecule has 0 aliphatic carbocycles. The normalized spacial score (nSPS) is 16.1. The van der Waals surface area contributed by atoms with Gasteiger partial charge >= 0.3 is 0 Å². The van der Waals surface area contributed by atoms with E-state index in [1.807, 2.05) is 72.8 Å². The quantitative estimate of drug-likeness (QED) is 0.193. The highest BCUT2D eigenvalue weighted by Gasteiger charge is 2.30. The second-order valence-corrected chi connectivity index (χ2v) is 12.3. The Bertz CT molecular complexity index is 1540. The lowest BCUT2D eigenvalue weighted by atomic mass is 9.97. The van der Waals surface area contributed by atoms with Crippen LogP contribution in [0, 0.1) is 5.92 Å². The van der Waals surface area contributed by atoms with Crippen LogP contribution in [-0.4, -0.2) is 39.8 Å². The van der Waals surface area contributed by atoms with Crippen LogP contribution in [0.25, 0.3) is 10.8 Å². The van der Waals surface area contributed by atoms with Crippen molar-refractivity contribution >= 4 is 33.6 Å². The van der Waals surface area contributed by atoms with E-state index in [4.69, 9.17) is 4.74 Å². The van der Waals surface area contributed by atoms with Crippen LogP contribution in [0.1, 0.15) is 55.5 Å². The van der Waals surface area contributed by atoms with Gasteiger partial charge in [0.15, 0.2) is 0 Å². The Hall–Kier alpha value is -3.72. The van der Waals surface area contributed by atoms with E-state index in [9.17, 15) is 13.6 Å². The van der Waals surface area contributed by atoms with Crippen molar-refractivity contribution in [2.24, 2.45) is 5.92 Å². The number of anilines is 1. The number of amides is 1. The van der Waals surface area contributed by atoms with Gasteiger partial charge in [-0.05, 0) is 53.1 Å². The van der Waals surface area contributed by atoms with Gasteiger partial charge in [0, 0.05) is 25.1 Å². The molecule has 0 fully saturated rings. The van der Waals surface area contributed by atoms with E-state index in [1.165, 1.54) is 9.87 Å². The molecule has 7 nitrogen and oxygen atoms in total. The van der Waals surface area contributed by atoms with Gasteiger partial charge in [0.05, 0.1) is 30.8 Å². The molecule has 0 radical (unpaired) electrons. The van der Waals surface area contributed by atoms with Gasteiger partial charge in [-0.3, -0.25) is 13.7 Å². The van der Waals surface area contributed by atoms with Crippen molar-refractivity contribution in [3.05, 3.63) is 108 Å². The molecule has 220 valence electrons. The maximum Gasteiger partial charge on any atom is 0.262 e. The molecule has 1 heterocycles. The minimum absolute atomic E-state index is 0.00785. The number of nitrogens with zero attached hydrogens (tertiary/aromatic N) is 2. The van der Waals surface area contributed by atoms with Crippen LogP contribution in [0.3, 0.4) is 0 Å². The smallest absolute Gasteiger partial charge is 0.262 e. The number of nitrogens with one attached hydrogen (secondary N) is 1. The van der Waals surface area contributed by atoms with Crippen LogP contribution in [0.4, 0.5) is 5.69 Å². The van der Waals surface area contributed by atoms with Crippen molar-refractivity contribution in [1.82, 2.24) is 10.2 Å². The number of ether oxygens (including phenoxy) is 1. The summed E-state index contributed by atoms with van der Waals surface area (Å²) in [7, 11) is 2.12. The van der Waals surface area contributed by atoms with Gasteiger partial charge in [0.25, 0.3) is 11.3 Å². The van der Waals surface area contributed by atoms with Gasteiger partial charge in [-0.25, -0.2) is 4.21 Å². The fourth-order valence-electron chi connectivity index (χ4n) is 5.81. The monoisotopic (exact) mass is 585 g/mol. The molecule has 3 unspecified atom stereocenters. The number of benzene rings is 4. The molecule has 4 aromatic rings. The van der Waals surface area contributed by atoms with E-state index in [-0.39, 0.29) is 18.4 Å². The van der Waals surface area contributed by atoms with Gasteiger partial charge < -0.3 is 15.0 Å². The van der Waals surface area contributed by atoms with E-state index in [0.29, 0.717) is 24.6 Å². The molecule has 1 amide bonds. The summed E-state index contributed by atoms with van der Waals surface area (Å²) < 4.78 is 30.8. The molecule has 0 spiro atoms. The molecule has 0 aromatic heterocycles. The summed E-state index contributed by atoms with van der Waals surface area (Å²) in [6, 6.07) is 28.3. The maximum absolute atomic E-state index is 13.6. The van der Waals surface area contributed by atoms with Gasteiger partial charge in [-0.1, -0.05) is 86.6 Å². The Morgan fingerprint density at radius 2 is 1.74 bits per heavy atom. The molecule has 3 atom stereocenters. The molecule has 5 rings (SSSR count). The summed E-state index contributed by atoms with van der Waals surface area (Å²) >= 11 is -2.37. The molecule has 0 saturated carbocycles. The van der Waals surface area contributed by atoms with E-state index in [2.05, 4.69) is 49.3 Å². The zero-order valence-electron chi connectivity index (χ0n) is 24.4. The van der Waals surface area contributed by atoms with E-state index in [1.54, 1.807) is 0 Å². The Morgan fingerprint density at radius 1 is 1.00 bits per heavy atom. The number of hydrogen-bond acceptors (Lipinski definition) is 4. The molecule has 8 heteroatoms. The Kier molecular flexibility index (Phi) is 9.57. The summed E-state index contributed by atoms with van der Waals surface area (Å²) in [5, 5.41) is 5.19. The first kappa shape index (κ1) is 29.8. The molecule has 0 bridgehead atoms. The number of rotatable bonds is 11. The third-order valence-corrected chi connectivity index (χ3v) is 8.39. The van der Waals surface area contributed by atoms with Crippen molar-refractivity contribution in [1.29, 1.82) is 0 Å². The summed E-state index contributed by atoms with van der Waals surface area (Å²) in [5.74, 6) is 1.19. The lowest BCUT2D eigenvalue weighted by molar-refractivity contribution is -0.122. The third kappa shape index (κ3) is 7.18. The average molecular weight is 586 g/mol. The topological polar surface area (TPSA) is 82.1 Å². The molecule has 0 saturated heterocycles. The molecule has 1 aliphatic rings. The van der Waals surface area contributed by atoms with Crippen molar-refractivity contribution in [2.45, 2.75) is 45.3 Å². The Balaban J connectivity index is 1.37. The molecular weight excluding hydrogens is 546 g/mol. The average Bonchev–Trinajstić information content (AvgIpc) is 2.96. The standard InChI is InChI=1S/C34H39N3O4S/c1-24(2)22-36(3)23-25-13-16-30-31(17-18-41-33(30)19-25)35-34(38)21-32(27-10-5-4-6-11-27)37(42(39)40)29-15-14-26-9-7-8-12-28(26)20-29/h4-16,19-20,24,31-32H,17-18,21-23H2,1-3H3,(H,35,38)(H,39,40). The first-order chi connectivity index (χ1) is 20.3. The fraction of sp³-hybridized carbons (Fsp3) is 0.324.